The Morgan fingerprint density at radius 1 is 1.45 bits per heavy atom. The smallest absolute Gasteiger partial charge is 0.270 e. The summed E-state index contributed by atoms with van der Waals surface area (Å²) in [5, 5.41) is 0.806. The van der Waals surface area contributed by atoms with Gasteiger partial charge >= 0.3 is 0 Å². The first-order valence-electron chi connectivity index (χ1n) is 7.35. The van der Waals surface area contributed by atoms with Crippen LogP contribution in [0.5, 0.6) is 0 Å². The second kappa shape index (κ2) is 5.64. The van der Waals surface area contributed by atoms with E-state index in [0.29, 0.717) is 18.8 Å². The molecule has 1 atom stereocenters. The summed E-state index contributed by atoms with van der Waals surface area (Å²) in [7, 11) is -3.43. The predicted octanol–water partition coefficient (Wildman–Crippen LogP) is 0.142. The van der Waals surface area contributed by atoms with Crippen LogP contribution in [0.25, 0.3) is 0 Å². The van der Waals surface area contributed by atoms with E-state index < -0.39 is 21.3 Å². The van der Waals surface area contributed by atoms with Gasteiger partial charge in [0, 0.05) is 12.7 Å². The Morgan fingerprint density at radius 2 is 2.23 bits per heavy atom. The lowest BCUT2D eigenvalue weighted by Gasteiger charge is -2.35. The van der Waals surface area contributed by atoms with Crippen LogP contribution in [-0.4, -0.2) is 58.2 Å². The number of hydrogen-bond donors (Lipinski definition) is 0. The Kier molecular flexibility index (Phi) is 3.96. The van der Waals surface area contributed by atoms with Crippen LogP contribution in [0.2, 0.25) is 0 Å². The molecule has 1 aromatic rings. The lowest BCUT2D eigenvalue weighted by atomic mass is 10.2. The standard InChI is InChI=1S/C13H20N4O4S/c1-10(2)22(19,20)15-7-11-6-14-9-16(11)12(8-15)13(18)17-4-3-5-21-17/h6,9-10,12H,3-5,7-8H2,1-2H3. The van der Waals surface area contributed by atoms with Crippen LogP contribution >= 0.6 is 0 Å². The van der Waals surface area contributed by atoms with Crippen molar-refractivity contribution in [3.63, 3.8) is 0 Å². The van der Waals surface area contributed by atoms with Gasteiger partial charge in [0.2, 0.25) is 10.0 Å². The number of imidazole rings is 1. The van der Waals surface area contributed by atoms with Gasteiger partial charge in [0.05, 0.1) is 37.0 Å². The van der Waals surface area contributed by atoms with Gasteiger partial charge in [-0.2, -0.15) is 4.31 Å². The summed E-state index contributed by atoms with van der Waals surface area (Å²) < 4.78 is 28.0. The van der Waals surface area contributed by atoms with E-state index in [1.165, 1.54) is 9.37 Å². The number of aromatic nitrogens is 2. The summed E-state index contributed by atoms with van der Waals surface area (Å²) >= 11 is 0. The fraction of sp³-hybridized carbons (Fsp3) is 0.692. The van der Waals surface area contributed by atoms with Gasteiger partial charge in [-0.15, -0.1) is 0 Å². The molecule has 0 bridgehead atoms. The molecule has 1 unspecified atom stereocenters. The predicted molar refractivity (Wildman–Crippen MR) is 78.0 cm³/mol. The normalized spacial score (nSPS) is 23.0. The third kappa shape index (κ3) is 2.53. The molecule has 3 rings (SSSR count). The minimum Gasteiger partial charge on any atom is -0.319 e. The van der Waals surface area contributed by atoms with Crippen LogP contribution in [0.3, 0.4) is 0 Å². The summed E-state index contributed by atoms with van der Waals surface area (Å²) in [5.41, 5.74) is 0.716. The largest absolute Gasteiger partial charge is 0.319 e. The quantitative estimate of drug-likeness (QED) is 0.788. The van der Waals surface area contributed by atoms with E-state index in [0.717, 1.165) is 6.42 Å². The zero-order valence-corrected chi connectivity index (χ0v) is 13.5. The van der Waals surface area contributed by atoms with Crippen molar-refractivity contribution in [3.8, 4) is 0 Å². The van der Waals surface area contributed by atoms with Crippen LogP contribution in [0.4, 0.5) is 0 Å². The van der Waals surface area contributed by atoms with Crippen molar-refractivity contribution in [1.29, 1.82) is 0 Å². The fourth-order valence-corrected chi connectivity index (χ4v) is 4.00. The second-order valence-electron chi connectivity index (χ2n) is 5.82. The molecular weight excluding hydrogens is 308 g/mol. The maximum atomic E-state index is 12.6. The number of hydroxylamine groups is 2. The van der Waals surface area contributed by atoms with Crippen molar-refractivity contribution in [2.75, 3.05) is 19.7 Å². The van der Waals surface area contributed by atoms with E-state index >= 15 is 0 Å². The minimum absolute atomic E-state index is 0.114. The number of nitrogens with zero attached hydrogens (tertiary/aromatic N) is 4. The van der Waals surface area contributed by atoms with Gasteiger partial charge in [-0.1, -0.05) is 0 Å². The summed E-state index contributed by atoms with van der Waals surface area (Å²) in [4.78, 5) is 22.0. The minimum atomic E-state index is -3.43. The summed E-state index contributed by atoms with van der Waals surface area (Å²) in [6.45, 7) is 4.69. The van der Waals surface area contributed by atoms with Gasteiger partial charge in [0.1, 0.15) is 6.04 Å². The highest BCUT2D eigenvalue weighted by Crippen LogP contribution is 2.27. The third-order valence-electron chi connectivity index (χ3n) is 4.04. The second-order valence-corrected chi connectivity index (χ2v) is 8.31. The molecule has 0 radical (unpaired) electrons. The van der Waals surface area contributed by atoms with Gasteiger partial charge in [-0.3, -0.25) is 9.63 Å². The van der Waals surface area contributed by atoms with Gasteiger partial charge in [-0.05, 0) is 20.3 Å². The Balaban J connectivity index is 1.91. The van der Waals surface area contributed by atoms with E-state index in [2.05, 4.69) is 4.98 Å². The highest BCUT2D eigenvalue weighted by Gasteiger charge is 2.39. The van der Waals surface area contributed by atoms with Crippen molar-refractivity contribution < 1.29 is 18.0 Å². The Hall–Kier alpha value is -1.45. The molecule has 1 fully saturated rings. The molecule has 0 saturated carbocycles. The highest BCUT2D eigenvalue weighted by atomic mass is 32.2. The van der Waals surface area contributed by atoms with Crippen LogP contribution in [-0.2, 0) is 26.2 Å². The first kappa shape index (κ1) is 15.4. The van der Waals surface area contributed by atoms with Crippen LogP contribution in [0, 0.1) is 0 Å². The van der Waals surface area contributed by atoms with Crippen LogP contribution < -0.4 is 0 Å². The molecule has 2 aliphatic rings. The number of sulfonamides is 1. The lowest BCUT2D eigenvalue weighted by molar-refractivity contribution is -0.173. The summed E-state index contributed by atoms with van der Waals surface area (Å²) in [6.07, 6.45) is 3.98. The summed E-state index contributed by atoms with van der Waals surface area (Å²) in [5.74, 6) is -0.222. The summed E-state index contributed by atoms with van der Waals surface area (Å²) in [6, 6.07) is -0.627. The van der Waals surface area contributed by atoms with E-state index in [-0.39, 0.29) is 19.0 Å². The molecule has 0 N–H and O–H groups in total. The molecule has 3 heterocycles. The average Bonchev–Trinajstić information content (AvgIpc) is 3.16. The molecule has 0 aliphatic carbocycles. The monoisotopic (exact) mass is 328 g/mol. The SMILES string of the molecule is CC(C)S(=O)(=O)N1Cc2cncn2C(C(=O)N2CCCO2)C1. The number of hydrogen-bond acceptors (Lipinski definition) is 5. The van der Waals surface area contributed by atoms with Gasteiger partial charge < -0.3 is 4.57 Å². The highest BCUT2D eigenvalue weighted by molar-refractivity contribution is 7.89. The third-order valence-corrected chi connectivity index (χ3v) is 6.23. The molecule has 0 spiro atoms. The number of rotatable bonds is 3. The Morgan fingerprint density at radius 3 is 2.86 bits per heavy atom. The molecule has 0 aromatic carbocycles. The van der Waals surface area contributed by atoms with Crippen molar-refractivity contribution in [3.05, 3.63) is 18.2 Å². The molecule has 1 aromatic heterocycles. The van der Waals surface area contributed by atoms with Crippen molar-refractivity contribution in [2.24, 2.45) is 0 Å². The molecular formula is C13H20N4O4S. The molecule has 8 nitrogen and oxygen atoms in total. The molecule has 122 valence electrons. The van der Waals surface area contributed by atoms with Gasteiger partial charge in [0.15, 0.2) is 0 Å². The number of carbonyl (C=O) groups is 1. The van der Waals surface area contributed by atoms with E-state index in [1.807, 2.05) is 0 Å². The Labute approximate surface area is 129 Å². The van der Waals surface area contributed by atoms with E-state index in [1.54, 1.807) is 30.9 Å². The van der Waals surface area contributed by atoms with Crippen molar-refractivity contribution >= 4 is 15.9 Å². The van der Waals surface area contributed by atoms with E-state index in [4.69, 9.17) is 4.84 Å². The lowest BCUT2D eigenvalue weighted by Crippen LogP contribution is -2.48. The molecule has 2 aliphatic heterocycles. The first-order chi connectivity index (χ1) is 10.4. The number of carbonyl (C=O) groups excluding carboxylic acids is 1. The van der Waals surface area contributed by atoms with Crippen LogP contribution in [0.1, 0.15) is 32.0 Å². The zero-order valence-electron chi connectivity index (χ0n) is 12.7. The van der Waals surface area contributed by atoms with Gasteiger partial charge in [0.25, 0.3) is 5.91 Å². The van der Waals surface area contributed by atoms with Crippen molar-refractivity contribution in [1.82, 2.24) is 18.9 Å². The Bertz CT molecular complexity index is 663. The maximum Gasteiger partial charge on any atom is 0.270 e. The molecule has 9 heteroatoms. The average molecular weight is 328 g/mol. The first-order valence-corrected chi connectivity index (χ1v) is 8.85. The molecule has 22 heavy (non-hydrogen) atoms. The molecule has 1 amide bonds. The number of fused-ring (bicyclic) bond motifs is 1. The number of amides is 1. The van der Waals surface area contributed by atoms with Crippen LogP contribution in [0.15, 0.2) is 12.5 Å². The topological polar surface area (TPSA) is 84.7 Å². The maximum absolute atomic E-state index is 12.6. The zero-order chi connectivity index (χ0) is 15.9. The van der Waals surface area contributed by atoms with Gasteiger partial charge in [-0.25, -0.2) is 18.5 Å². The van der Waals surface area contributed by atoms with Crippen molar-refractivity contribution in [2.45, 2.75) is 38.1 Å². The molecule has 1 saturated heterocycles. The fourth-order valence-electron chi connectivity index (χ4n) is 2.74. The van der Waals surface area contributed by atoms with E-state index in [9.17, 15) is 13.2 Å².